The van der Waals surface area contributed by atoms with Gasteiger partial charge in [-0.05, 0) is 31.2 Å². The highest BCUT2D eigenvalue weighted by atomic mass is 16.5. The molecule has 1 aromatic carbocycles. The van der Waals surface area contributed by atoms with Crippen LogP contribution in [0.4, 0.5) is 0 Å². The zero-order valence-corrected chi connectivity index (χ0v) is 18.4. The molecule has 0 radical (unpaired) electrons. The predicted octanol–water partition coefficient (Wildman–Crippen LogP) is 6.50. The number of carboxylic acids is 1. The van der Waals surface area contributed by atoms with E-state index >= 15 is 0 Å². The van der Waals surface area contributed by atoms with E-state index in [-0.39, 0.29) is 18.6 Å². The average Bonchev–Trinajstić information content (AvgIpc) is 2.71. The van der Waals surface area contributed by atoms with Crippen LogP contribution in [0.5, 0.6) is 0 Å². The van der Waals surface area contributed by atoms with Gasteiger partial charge < -0.3 is 14.9 Å². The summed E-state index contributed by atoms with van der Waals surface area (Å²) in [5, 5.41) is 19.2. The summed E-state index contributed by atoms with van der Waals surface area (Å²) in [6, 6.07) is 10.2. The van der Waals surface area contributed by atoms with E-state index in [0.29, 0.717) is 13.0 Å². The first-order valence-electron chi connectivity index (χ1n) is 11.7. The largest absolute Gasteiger partial charge is 0.481 e. The quantitative estimate of drug-likeness (QED) is 0.257. The molecule has 0 bridgehead atoms. The van der Waals surface area contributed by atoms with Crippen molar-refractivity contribution in [2.75, 3.05) is 0 Å². The molecule has 0 aliphatic carbocycles. The second-order valence-electron chi connectivity index (χ2n) is 8.21. The third-order valence-electron chi connectivity index (χ3n) is 5.42. The van der Waals surface area contributed by atoms with E-state index in [0.717, 1.165) is 51.4 Å². The second kappa shape index (κ2) is 17.5. The molecule has 0 fully saturated rings. The fourth-order valence-corrected chi connectivity index (χ4v) is 3.64. The Balaban J connectivity index is 2.31. The Bertz CT molecular complexity index is 503. The monoisotopic (exact) mass is 406 g/mol. The van der Waals surface area contributed by atoms with Gasteiger partial charge in [0.05, 0.1) is 18.8 Å². The number of benzene rings is 1. The smallest absolute Gasteiger partial charge is 0.303 e. The van der Waals surface area contributed by atoms with Crippen molar-refractivity contribution < 1.29 is 19.7 Å². The molecule has 0 aromatic heterocycles. The number of aliphatic hydroxyl groups excluding tert-OH is 1. The maximum atomic E-state index is 10.6. The lowest BCUT2D eigenvalue weighted by molar-refractivity contribution is -0.137. The number of hydrogen-bond donors (Lipinski definition) is 2. The number of aliphatic carboxylic acids is 1. The van der Waals surface area contributed by atoms with Crippen LogP contribution in [0, 0.1) is 0 Å². The zero-order valence-electron chi connectivity index (χ0n) is 18.4. The van der Waals surface area contributed by atoms with Gasteiger partial charge in [0.15, 0.2) is 0 Å². The molecular weight excluding hydrogens is 364 g/mol. The molecule has 4 nitrogen and oxygen atoms in total. The Labute approximate surface area is 177 Å². The maximum Gasteiger partial charge on any atom is 0.303 e. The first-order valence-corrected chi connectivity index (χ1v) is 11.7. The highest BCUT2D eigenvalue weighted by Crippen LogP contribution is 2.19. The molecule has 2 unspecified atom stereocenters. The number of carbonyl (C=O) groups is 1. The van der Waals surface area contributed by atoms with Gasteiger partial charge in [-0.2, -0.15) is 0 Å². The SMILES string of the molecule is CCCCCCCC(O)CC(CCCCCCCC(=O)O)OCc1ccccc1. The van der Waals surface area contributed by atoms with Crippen molar-refractivity contribution in [1.29, 1.82) is 0 Å². The van der Waals surface area contributed by atoms with Gasteiger partial charge in [-0.15, -0.1) is 0 Å². The number of rotatable bonds is 19. The van der Waals surface area contributed by atoms with Crippen molar-refractivity contribution in [3.8, 4) is 0 Å². The first kappa shape index (κ1) is 25.6. The minimum Gasteiger partial charge on any atom is -0.481 e. The second-order valence-corrected chi connectivity index (χ2v) is 8.21. The van der Waals surface area contributed by atoms with Crippen LogP contribution in [-0.4, -0.2) is 28.4 Å². The summed E-state index contributed by atoms with van der Waals surface area (Å²) in [6.07, 6.45) is 13.7. The van der Waals surface area contributed by atoms with E-state index in [2.05, 4.69) is 19.1 Å². The van der Waals surface area contributed by atoms with E-state index < -0.39 is 5.97 Å². The molecule has 1 rings (SSSR count). The number of ether oxygens (including phenoxy) is 1. The minimum absolute atomic E-state index is 0.0832. The van der Waals surface area contributed by atoms with Crippen molar-refractivity contribution in [2.45, 2.75) is 116 Å². The summed E-state index contributed by atoms with van der Waals surface area (Å²) in [5.41, 5.74) is 1.17. The number of unbranched alkanes of at least 4 members (excludes halogenated alkanes) is 8. The molecule has 1 aromatic rings. The van der Waals surface area contributed by atoms with Gasteiger partial charge in [0.1, 0.15) is 0 Å². The van der Waals surface area contributed by atoms with Crippen LogP contribution in [0.25, 0.3) is 0 Å². The molecule has 0 spiro atoms. The van der Waals surface area contributed by atoms with E-state index in [4.69, 9.17) is 9.84 Å². The fourth-order valence-electron chi connectivity index (χ4n) is 3.64. The molecule has 0 amide bonds. The van der Waals surface area contributed by atoms with Crippen molar-refractivity contribution >= 4 is 5.97 Å². The molecule has 4 heteroatoms. The number of carboxylic acid groups (broad SMARTS) is 1. The average molecular weight is 407 g/mol. The van der Waals surface area contributed by atoms with Crippen LogP contribution >= 0.6 is 0 Å². The summed E-state index contributed by atoms with van der Waals surface area (Å²) in [4.78, 5) is 10.6. The van der Waals surface area contributed by atoms with Crippen LogP contribution in [0.15, 0.2) is 30.3 Å². The Morgan fingerprint density at radius 3 is 2.21 bits per heavy atom. The first-order chi connectivity index (χ1) is 14.1. The van der Waals surface area contributed by atoms with Crippen molar-refractivity contribution in [2.24, 2.45) is 0 Å². The Kier molecular flexibility index (Phi) is 15.4. The van der Waals surface area contributed by atoms with Crippen molar-refractivity contribution in [3.63, 3.8) is 0 Å². The van der Waals surface area contributed by atoms with E-state index in [1.165, 1.54) is 31.2 Å². The highest BCUT2D eigenvalue weighted by Gasteiger charge is 2.15. The van der Waals surface area contributed by atoms with Crippen LogP contribution in [0.2, 0.25) is 0 Å². The van der Waals surface area contributed by atoms with Crippen molar-refractivity contribution in [3.05, 3.63) is 35.9 Å². The Hall–Kier alpha value is -1.39. The Morgan fingerprint density at radius 2 is 1.52 bits per heavy atom. The molecule has 0 aliphatic heterocycles. The molecular formula is C25H42O4. The fraction of sp³-hybridized carbons (Fsp3) is 0.720. The number of aliphatic hydroxyl groups is 1. The van der Waals surface area contributed by atoms with E-state index in [9.17, 15) is 9.90 Å². The third kappa shape index (κ3) is 15.2. The van der Waals surface area contributed by atoms with Gasteiger partial charge in [-0.25, -0.2) is 0 Å². The van der Waals surface area contributed by atoms with Crippen molar-refractivity contribution in [1.82, 2.24) is 0 Å². The lowest BCUT2D eigenvalue weighted by Crippen LogP contribution is -2.21. The normalized spacial score (nSPS) is 13.3. The van der Waals surface area contributed by atoms with Crippen LogP contribution in [0.1, 0.15) is 102 Å². The molecule has 0 aliphatic rings. The summed E-state index contributed by atoms with van der Waals surface area (Å²) in [5.74, 6) is -0.706. The lowest BCUT2D eigenvalue weighted by atomic mass is 9.99. The molecule has 166 valence electrons. The molecule has 2 N–H and O–H groups in total. The summed E-state index contributed by atoms with van der Waals surface area (Å²) in [7, 11) is 0. The molecule has 0 saturated carbocycles. The third-order valence-corrected chi connectivity index (χ3v) is 5.42. The highest BCUT2D eigenvalue weighted by molar-refractivity contribution is 5.66. The zero-order chi connectivity index (χ0) is 21.2. The van der Waals surface area contributed by atoms with Crippen LogP contribution in [-0.2, 0) is 16.1 Å². The molecule has 29 heavy (non-hydrogen) atoms. The predicted molar refractivity (Wildman–Crippen MR) is 119 cm³/mol. The molecule has 0 saturated heterocycles. The lowest BCUT2D eigenvalue weighted by Gasteiger charge is -2.21. The topological polar surface area (TPSA) is 66.8 Å². The standard InChI is InChI=1S/C25H42O4/c1-2-3-4-6-12-17-23(26)20-24(29-21-22-15-10-9-11-16-22)18-13-7-5-8-14-19-25(27)28/h9-11,15-16,23-24,26H,2-8,12-14,17-21H2,1H3,(H,27,28). The van der Waals surface area contributed by atoms with Gasteiger partial charge in [0.25, 0.3) is 0 Å². The van der Waals surface area contributed by atoms with Crippen LogP contribution < -0.4 is 0 Å². The van der Waals surface area contributed by atoms with Gasteiger partial charge in [-0.1, -0.05) is 95.0 Å². The van der Waals surface area contributed by atoms with Gasteiger partial charge in [0, 0.05) is 6.42 Å². The maximum absolute atomic E-state index is 10.6. The Morgan fingerprint density at radius 1 is 0.897 bits per heavy atom. The molecule has 0 heterocycles. The van der Waals surface area contributed by atoms with Gasteiger partial charge in [0.2, 0.25) is 0 Å². The van der Waals surface area contributed by atoms with Crippen LogP contribution in [0.3, 0.4) is 0 Å². The van der Waals surface area contributed by atoms with E-state index in [1.807, 2.05) is 18.2 Å². The summed E-state index contributed by atoms with van der Waals surface area (Å²) < 4.78 is 6.17. The summed E-state index contributed by atoms with van der Waals surface area (Å²) in [6.45, 7) is 2.81. The minimum atomic E-state index is -0.706. The van der Waals surface area contributed by atoms with Gasteiger partial charge >= 0.3 is 5.97 Å². The van der Waals surface area contributed by atoms with Gasteiger partial charge in [-0.3, -0.25) is 4.79 Å². The summed E-state index contributed by atoms with van der Waals surface area (Å²) >= 11 is 0. The molecule has 2 atom stereocenters. The number of hydrogen-bond acceptors (Lipinski definition) is 3. The van der Waals surface area contributed by atoms with E-state index in [1.54, 1.807) is 0 Å².